The second-order valence-electron chi connectivity index (χ2n) is 0.447. The molecule has 0 aliphatic rings. The molecule has 0 aliphatic heterocycles. The predicted molar refractivity (Wildman–Crippen MR) is 6.44 cm³/mol. The fraction of sp³-hybridized carbons (Fsp3) is 0. The molecule has 4 nitrogen and oxygen atoms in total. The van der Waals surface area contributed by atoms with Gasteiger partial charge in [0.15, 0.2) is 0 Å². The van der Waals surface area contributed by atoms with Crippen molar-refractivity contribution >= 4 is 14.5 Å². The Labute approximate surface area is 51.8 Å². The van der Waals surface area contributed by atoms with Crippen molar-refractivity contribution in [3.63, 3.8) is 0 Å². The standard InChI is InChI=1S/AsH3O4.Pt/c2-1(3,4)5;/h(H3,2,3,4,5);/p-3. The molecule has 0 atom stereocenters. The molecule has 0 radical (unpaired) electrons. The first-order valence-corrected chi connectivity index (χ1v) is 3.79. The molecule has 0 amide bonds. The molecule has 0 aromatic carbocycles. The summed E-state index contributed by atoms with van der Waals surface area (Å²) in [6, 6.07) is 0. The maximum Gasteiger partial charge on any atom is 0 e. The Hall–Kier alpha value is 0.927. The third kappa shape index (κ3) is 88.5. The van der Waals surface area contributed by atoms with Gasteiger partial charge in [0.25, 0.3) is 0 Å². The van der Waals surface area contributed by atoms with Gasteiger partial charge in [0.05, 0.1) is 0 Å². The second-order valence-corrected chi connectivity index (χ2v) is 2.32. The fourth-order valence-corrected chi connectivity index (χ4v) is 0. The van der Waals surface area contributed by atoms with Gasteiger partial charge in [-0.25, -0.2) is 0 Å². The van der Waals surface area contributed by atoms with Gasteiger partial charge in [0, 0.05) is 21.1 Å². The van der Waals surface area contributed by atoms with E-state index in [0.717, 1.165) is 0 Å². The molecule has 0 saturated heterocycles. The first-order valence-electron chi connectivity index (χ1n) is 0.730. The minimum absolute atomic E-state index is 0. The van der Waals surface area contributed by atoms with E-state index in [2.05, 4.69) is 0 Å². The van der Waals surface area contributed by atoms with E-state index in [1.165, 1.54) is 0 Å². The Bertz CT molecular complexity index is 53.7. The van der Waals surface area contributed by atoms with Crippen LogP contribution in [0, 0.1) is 0 Å². The van der Waals surface area contributed by atoms with Crippen molar-refractivity contribution in [3.8, 4) is 0 Å². The van der Waals surface area contributed by atoms with Gasteiger partial charge >= 0.3 is 30.5 Å². The van der Waals surface area contributed by atoms with Crippen molar-refractivity contribution in [2.45, 2.75) is 0 Å². The molecule has 0 unspecified atom stereocenters. The van der Waals surface area contributed by atoms with Crippen molar-refractivity contribution in [2.75, 3.05) is 0 Å². The van der Waals surface area contributed by atoms with Crippen molar-refractivity contribution in [1.82, 2.24) is 0 Å². The van der Waals surface area contributed by atoms with Gasteiger partial charge in [-0.15, -0.1) is 0 Å². The van der Waals surface area contributed by atoms with Crippen LogP contribution in [0.1, 0.15) is 0 Å². The van der Waals surface area contributed by atoms with E-state index < -0.39 is 14.5 Å². The van der Waals surface area contributed by atoms with Gasteiger partial charge in [-0.3, -0.25) is 0 Å². The van der Waals surface area contributed by atoms with Gasteiger partial charge in [-0.05, 0) is 0 Å². The molecule has 0 heterocycles. The van der Waals surface area contributed by atoms with Crippen LogP contribution in [-0.2, 0) is 24.8 Å². The predicted octanol–water partition coefficient (Wildman–Crippen LogP) is -4.07. The molecule has 0 spiro atoms. The average molecular weight is 334 g/mol. The van der Waals surface area contributed by atoms with Crippen LogP contribution in [0.3, 0.4) is 0 Å². The van der Waals surface area contributed by atoms with Crippen LogP contribution in [0.5, 0.6) is 0 Å². The fourth-order valence-electron chi connectivity index (χ4n) is 0. The number of rotatable bonds is 0. The minimum atomic E-state index is -5.88. The van der Waals surface area contributed by atoms with Gasteiger partial charge in [-0.1, -0.05) is 0 Å². The zero-order valence-corrected chi connectivity index (χ0v) is 6.55. The molecule has 42 valence electrons. The monoisotopic (exact) mass is 334 g/mol. The van der Waals surface area contributed by atoms with E-state index in [9.17, 15) is 0 Å². The molecule has 0 N–H and O–H groups in total. The van der Waals surface area contributed by atoms with E-state index in [1.807, 2.05) is 0 Å². The van der Waals surface area contributed by atoms with E-state index >= 15 is 0 Å². The molecule has 0 rings (SSSR count). The molecule has 0 aromatic heterocycles. The quantitative estimate of drug-likeness (QED) is 0.422. The minimum Gasteiger partial charge on any atom is 0 e. The molecule has 6 heavy (non-hydrogen) atoms. The summed E-state index contributed by atoms with van der Waals surface area (Å²) in [6.45, 7) is 0. The van der Waals surface area contributed by atoms with Crippen LogP contribution >= 0.6 is 0 Å². The van der Waals surface area contributed by atoms with Gasteiger partial charge in [0.2, 0.25) is 0 Å². The first-order chi connectivity index (χ1) is 2.00. The normalized spacial score (nSPS) is 9.83. The van der Waals surface area contributed by atoms with Crippen molar-refractivity contribution in [2.24, 2.45) is 0 Å². The molecule has 0 fully saturated rings. The Balaban J connectivity index is 0. The smallest absolute Gasteiger partial charge is 0 e. The largest absolute Gasteiger partial charge is 0 e. The van der Waals surface area contributed by atoms with Crippen LogP contribution in [0.15, 0.2) is 0 Å². The Morgan fingerprint density at radius 1 is 1.17 bits per heavy atom. The van der Waals surface area contributed by atoms with Gasteiger partial charge in [-0.2, -0.15) is 0 Å². The third-order valence-electron chi connectivity index (χ3n) is 0. The Kier molecular flexibility index (Phi) is 5.01. The van der Waals surface area contributed by atoms with Crippen LogP contribution in [0.4, 0.5) is 0 Å². The van der Waals surface area contributed by atoms with Gasteiger partial charge < -0.3 is 0 Å². The summed E-state index contributed by atoms with van der Waals surface area (Å²) in [7, 11) is 0. The maximum atomic E-state index is 8.61. The first kappa shape index (κ1) is 10.0. The maximum absolute atomic E-state index is 8.61. The van der Waals surface area contributed by atoms with Gasteiger partial charge in [0.1, 0.15) is 0 Å². The third-order valence-corrected chi connectivity index (χ3v) is 0. The number of hydrogen-bond acceptors (Lipinski definition) is 4. The zero-order valence-electron chi connectivity index (χ0n) is 2.40. The molecule has 0 saturated carbocycles. The summed E-state index contributed by atoms with van der Waals surface area (Å²) >= 11 is -5.88. The van der Waals surface area contributed by atoms with E-state index in [0.29, 0.717) is 0 Å². The summed E-state index contributed by atoms with van der Waals surface area (Å²) in [6.07, 6.45) is 0. The van der Waals surface area contributed by atoms with E-state index in [-0.39, 0.29) is 21.1 Å². The van der Waals surface area contributed by atoms with Crippen molar-refractivity contribution < 1.29 is 37.1 Å². The number of hydrogen-bond donors (Lipinski definition) is 0. The molecule has 6 heteroatoms. The molecule has 0 aromatic rings. The van der Waals surface area contributed by atoms with E-state index in [1.54, 1.807) is 0 Å². The van der Waals surface area contributed by atoms with Crippen LogP contribution in [-0.4, -0.2) is 14.5 Å². The van der Waals surface area contributed by atoms with Crippen molar-refractivity contribution in [3.05, 3.63) is 0 Å². The average Bonchev–Trinajstić information content (AvgIpc) is 0.722. The molecular weight excluding hydrogens is 334 g/mol. The van der Waals surface area contributed by atoms with Crippen LogP contribution in [0.25, 0.3) is 0 Å². The zero-order chi connectivity index (χ0) is 4.50. The summed E-state index contributed by atoms with van der Waals surface area (Å²) < 4.78 is 34.4. The molecular formula is AsO4Pt-3. The molecule has 0 bridgehead atoms. The van der Waals surface area contributed by atoms with Crippen molar-refractivity contribution in [1.29, 1.82) is 0 Å². The summed E-state index contributed by atoms with van der Waals surface area (Å²) in [5.41, 5.74) is 0. The summed E-state index contributed by atoms with van der Waals surface area (Å²) in [5.74, 6) is 0. The topological polar surface area (TPSA) is 86.2 Å². The second kappa shape index (κ2) is 3.00. The SMILES string of the molecule is O=[As]([O-])([O-])[O-].[Pt]. The van der Waals surface area contributed by atoms with Crippen LogP contribution in [0.2, 0.25) is 0 Å². The Morgan fingerprint density at radius 2 is 1.17 bits per heavy atom. The Morgan fingerprint density at radius 3 is 1.17 bits per heavy atom. The summed E-state index contributed by atoms with van der Waals surface area (Å²) in [4.78, 5) is 0. The molecule has 0 aliphatic carbocycles. The summed E-state index contributed by atoms with van der Waals surface area (Å²) in [5, 5.41) is 0. The van der Waals surface area contributed by atoms with Crippen LogP contribution < -0.4 is 12.3 Å². The van der Waals surface area contributed by atoms with E-state index in [4.69, 9.17) is 16.0 Å².